The molecule has 6 nitrogen and oxygen atoms in total. The highest BCUT2D eigenvalue weighted by molar-refractivity contribution is 7.99. The Kier molecular flexibility index (Phi) is 11.1. The Morgan fingerprint density at radius 1 is 0.742 bits per heavy atom. The van der Waals surface area contributed by atoms with Crippen molar-refractivity contribution >= 4 is 35.8 Å². The first-order chi connectivity index (χ1) is 15.1. The molecular weight excluding hydrogens is 412 g/mol. The Labute approximate surface area is 187 Å². The summed E-state index contributed by atoms with van der Waals surface area (Å²) in [5, 5.41) is 19.3. The minimum Gasteiger partial charge on any atom is -0.507 e. The second-order valence-corrected chi connectivity index (χ2v) is 8.18. The molecule has 2 rings (SSSR count). The highest BCUT2D eigenvalue weighted by atomic mass is 32.2. The highest BCUT2D eigenvalue weighted by Gasteiger charge is 2.03. The van der Waals surface area contributed by atoms with Gasteiger partial charge in [-0.2, -0.15) is 11.8 Å². The van der Waals surface area contributed by atoms with Gasteiger partial charge >= 0.3 is 0 Å². The van der Waals surface area contributed by atoms with Crippen LogP contribution < -0.4 is 0 Å². The summed E-state index contributed by atoms with van der Waals surface area (Å²) in [5.41, 5.74) is 1.20. The number of aliphatic imine (C=N–C) groups is 2. The van der Waals surface area contributed by atoms with E-state index in [0.717, 1.165) is 24.3 Å². The number of para-hydroxylation sites is 2. The van der Waals surface area contributed by atoms with Gasteiger partial charge in [-0.1, -0.05) is 24.3 Å². The van der Waals surface area contributed by atoms with Crippen molar-refractivity contribution in [1.82, 2.24) is 0 Å². The molecule has 0 aliphatic rings. The minimum absolute atomic E-state index is 0.0739. The molecule has 0 aliphatic heterocycles. The normalized spacial score (nSPS) is 11.4. The summed E-state index contributed by atoms with van der Waals surface area (Å²) in [5.74, 6) is 2.18. The van der Waals surface area contributed by atoms with Crippen LogP contribution in [0.25, 0.3) is 0 Å². The number of hydrogen-bond donors (Lipinski definition) is 2. The van der Waals surface area contributed by atoms with Gasteiger partial charge in [-0.25, -0.2) is 0 Å². The standard InChI is InChI=1S/C24H28N2O4S/c27-21(17-25-15-19-7-1-3-11-23(19)29)9-5-13-31-14-6-10-22(28)18-26-16-20-8-2-4-12-24(20)30/h1-4,7-8,11-12,15-16,29-30H,5-6,9-10,13-14,17-18H2. The van der Waals surface area contributed by atoms with Crippen molar-refractivity contribution < 1.29 is 19.8 Å². The third kappa shape index (κ3) is 10.1. The number of ketones is 2. The van der Waals surface area contributed by atoms with Gasteiger partial charge in [0, 0.05) is 36.4 Å². The van der Waals surface area contributed by atoms with E-state index in [0.29, 0.717) is 24.0 Å². The van der Waals surface area contributed by atoms with Gasteiger partial charge in [-0.05, 0) is 48.6 Å². The number of carbonyl (C=O) groups is 2. The lowest BCUT2D eigenvalue weighted by atomic mass is 10.2. The van der Waals surface area contributed by atoms with Crippen molar-refractivity contribution in [3.63, 3.8) is 0 Å². The van der Waals surface area contributed by atoms with Crippen LogP contribution in [0.5, 0.6) is 11.5 Å². The molecule has 31 heavy (non-hydrogen) atoms. The van der Waals surface area contributed by atoms with E-state index in [1.54, 1.807) is 60.3 Å². The predicted octanol–water partition coefficient (Wildman–Crippen LogP) is 4.07. The Hall–Kier alpha value is -2.93. The first kappa shape index (κ1) is 24.3. The molecule has 0 heterocycles. The van der Waals surface area contributed by atoms with Gasteiger partial charge in [0.1, 0.15) is 11.5 Å². The second kappa shape index (κ2) is 14.1. The lowest BCUT2D eigenvalue weighted by molar-refractivity contribution is -0.118. The summed E-state index contributed by atoms with van der Waals surface area (Å²) in [6.45, 7) is 0.240. The zero-order valence-electron chi connectivity index (χ0n) is 17.4. The molecule has 0 aliphatic carbocycles. The minimum atomic E-state index is 0.0739. The summed E-state index contributed by atoms with van der Waals surface area (Å²) in [7, 11) is 0. The van der Waals surface area contributed by atoms with Crippen molar-refractivity contribution in [2.24, 2.45) is 9.98 Å². The van der Waals surface area contributed by atoms with Crippen LogP contribution in [0.4, 0.5) is 0 Å². The molecule has 0 spiro atoms. The molecule has 0 radical (unpaired) electrons. The lowest BCUT2D eigenvalue weighted by Gasteiger charge is -2.01. The van der Waals surface area contributed by atoms with Crippen LogP contribution in [0.1, 0.15) is 36.8 Å². The van der Waals surface area contributed by atoms with E-state index in [1.807, 2.05) is 0 Å². The van der Waals surface area contributed by atoms with Gasteiger partial charge in [-0.15, -0.1) is 0 Å². The quantitative estimate of drug-likeness (QED) is 0.341. The third-order valence-electron chi connectivity index (χ3n) is 4.36. The van der Waals surface area contributed by atoms with Crippen LogP contribution in [0.15, 0.2) is 58.5 Å². The predicted molar refractivity (Wildman–Crippen MR) is 127 cm³/mol. The van der Waals surface area contributed by atoms with Crippen molar-refractivity contribution in [3.8, 4) is 11.5 Å². The Balaban J connectivity index is 1.48. The molecule has 2 aromatic rings. The SMILES string of the molecule is O=C(CCCSCCCC(=O)CN=Cc1ccccc1O)CN=Cc1ccccc1O. The maximum Gasteiger partial charge on any atom is 0.154 e. The first-order valence-corrected chi connectivity index (χ1v) is 11.4. The van der Waals surface area contributed by atoms with Crippen molar-refractivity contribution in [2.45, 2.75) is 25.7 Å². The Bertz CT molecular complexity index is 838. The average Bonchev–Trinajstić information content (AvgIpc) is 2.76. The van der Waals surface area contributed by atoms with Gasteiger partial charge < -0.3 is 10.2 Å². The van der Waals surface area contributed by atoms with E-state index in [1.165, 1.54) is 12.4 Å². The number of phenols is 2. The number of Topliss-reactive ketones (excluding diaryl/α,β-unsaturated/α-hetero) is 2. The second-order valence-electron chi connectivity index (χ2n) is 6.95. The Morgan fingerprint density at radius 3 is 1.58 bits per heavy atom. The zero-order valence-corrected chi connectivity index (χ0v) is 18.3. The summed E-state index contributed by atoms with van der Waals surface area (Å²) in [4.78, 5) is 31.9. The number of carbonyl (C=O) groups excluding carboxylic acids is 2. The molecule has 0 aromatic heterocycles. The highest BCUT2D eigenvalue weighted by Crippen LogP contribution is 2.14. The van der Waals surface area contributed by atoms with Crippen molar-refractivity contribution in [2.75, 3.05) is 24.6 Å². The Morgan fingerprint density at radius 2 is 1.16 bits per heavy atom. The van der Waals surface area contributed by atoms with Gasteiger partial charge in [0.15, 0.2) is 11.6 Å². The van der Waals surface area contributed by atoms with E-state index in [9.17, 15) is 19.8 Å². The summed E-state index contributed by atoms with van der Waals surface area (Å²) >= 11 is 1.74. The van der Waals surface area contributed by atoms with Crippen LogP contribution in [0, 0.1) is 0 Å². The molecule has 0 amide bonds. The molecule has 0 saturated heterocycles. The zero-order chi connectivity index (χ0) is 22.3. The van der Waals surface area contributed by atoms with E-state index >= 15 is 0 Å². The molecule has 0 unspecified atom stereocenters. The fourth-order valence-corrected chi connectivity index (χ4v) is 3.59. The maximum absolute atomic E-state index is 11.9. The third-order valence-corrected chi connectivity index (χ3v) is 5.51. The van der Waals surface area contributed by atoms with Crippen molar-refractivity contribution in [1.29, 1.82) is 0 Å². The fourth-order valence-electron chi connectivity index (χ4n) is 2.69. The number of aromatic hydroxyl groups is 2. The van der Waals surface area contributed by atoms with Crippen LogP contribution >= 0.6 is 11.8 Å². The number of nitrogens with zero attached hydrogens (tertiary/aromatic N) is 2. The lowest BCUT2D eigenvalue weighted by Crippen LogP contribution is -2.04. The molecule has 2 N–H and O–H groups in total. The number of phenolic OH excluding ortho intramolecular Hbond substituents is 2. The van der Waals surface area contributed by atoms with Crippen LogP contribution in [-0.4, -0.2) is 58.8 Å². The maximum atomic E-state index is 11.9. The molecule has 0 bridgehead atoms. The molecule has 0 atom stereocenters. The smallest absolute Gasteiger partial charge is 0.154 e. The molecule has 164 valence electrons. The van der Waals surface area contributed by atoms with E-state index in [4.69, 9.17) is 0 Å². The summed E-state index contributed by atoms with van der Waals surface area (Å²) < 4.78 is 0. The number of benzene rings is 2. The molecule has 0 fully saturated rings. The first-order valence-electron chi connectivity index (χ1n) is 10.2. The number of hydrogen-bond acceptors (Lipinski definition) is 7. The number of rotatable bonds is 14. The summed E-state index contributed by atoms with van der Waals surface area (Å²) in [6, 6.07) is 13.7. The van der Waals surface area contributed by atoms with E-state index < -0.39 is 0 Å². The number of thioether (sulfide) groups is 1. The fraction of sp³-hybridized carbons (Fsp3) is 0.333. The monoisotopic (exact) mass is 440 g/mol. The van der Waals surface area contributed by atoms with Gasteiger partial charge in [0.2, 0.25) is 0 Å². The molecule has 7 heteroatoms. The van der Waals surface area contributed by atoms with E-state index in [-0.39, 0.29) is 36.2 Å². The van der Waals surface area contributed by atoms with Gasteiger partial charge in [0.25, 0.3) is 0 Å². The van der Waals surface area contributed by atoms with Gasteiger partial charge in [-0.3, -0.25) is 19.6 Å². The average molecular weight is 441 g/mol. The van der Waals surface area contributed by atoms with Crippen LogP contribution in [0.2, 0.25) is 0 Å². The van der Waals surface area contributed by atoms with E-state index in [2.05, 4.69) is 9.98 Å². The van der Waals surface area contributed by atoms with Crippen molar-refractivity contribution in [3.05, 3.63) is 59.7 Å². The van der Waals surface area contributed by atoms with Crippen LogP contribution in [-0.2, 0) is 9.59 Å². The molecular formula is C24H28N2O4S. The largest absolute Gasteiger partial charge is 0.507 e. The molecule has 0 saturated carbocycles. The van der Waals surface area contributed by atoms with Crippen LogP contribution in [0.3, 0.4) is 0 Å². The molecule has 2 aromatic carbocycles. The van der Waals surface area contributed by atoms with Gasteiger partial charge in [0.05, 0.1) is 13.1 Å². The summed E-state index contributed by atoms with van der Waals surface area (Å²) in [6.07, 6.45) is 5.57. The topological polar surface area (TPSA) is 99.3 Å².